The van der Waals surface area contributed by atoms with E-state index in [0.29, 0.717) is 12.3 Å². The summed E-state index contributed by atoms with van der Waals surface area (Å²) in [6.45, 7) is 2.66. The maximum atomic E-state index is 10.7. The molecule has 0 aromatic carbocycles. The number of nitrogens with zero attached hydrogens (tertiary/aromatic N) is 1. The lowest BCUT2D eigenvalue weighted by Gasteiger charge is -2.33. The number of carboxylic acid groups (broad SMARTS) is 1. The van der Waals surface area contributed by atoms with Gasteiger partial charge in [-0.15, -0.1) is 0 Å². The monoisotopic (exact) mass is 269 g/mol. The molecule has 1 aliphatic heterocycles. The fourth-order valence-electron chi connectivity index (χ4n) is 3.62. The van der Waals surface area contributed by atoms with Crippen LogP contribution in [0.3, 0.4) is 0 Å². The molecule has 2 aliphatic rings. The largest absolute Gasteiger partial charge is 0.481 e. The van der Waals surface area contributed by atoms with Crippen LogP contribution in [0.5, 0.6) is 0 Å². The standard InChI is InChI=1S/C15H27NO3/c17-14(9-12-3-1-2-4-12)11-16-7-5-13(6-8-16)10-15(18)19/h12-14,17H,1-11H2,(H,18,19). The molecule has 0 bridgehead atoms. The fraction of sp³-hybridized carbons (Fsp3) is 0.933. The normalized spacial score (nSPS) is 24.7. The lowest BCUT2D eigenvalue weighted by molar-refractivity contribution is -0.138. The number of hydrogen-bond acceptors (Lipinski definition) is 3. The molecule has 4 nitrogen and oxygen atoms in total. The molecule has 1 saturated heterocycles. The maximum absolute atomic E-state index is 10.7. The minimum absolute atomic E-state index is 0.195. The Bertz CT molecular complexity index is 281. The van der Waals surface area contributed by atoms with Crippen molar-refractivity contribution in [3.8, 4) is 0 Å². The first-order valence-corrected chi connectivity index (χ1v) is 7.75. The number of hydrogen-bond donors (Lipinski definition) is 2. The zero-order valence-electron chi connectivity index (χ0n) is 11.8. The van der Waals surface area contributed by atoms with Gasteiger partial charge in [0.2, 0.25) is 0 Å². The van der Waals surface area contributed by atoms with Gasteiger partial charge in [-0.3, -0.25) is 4.79 Å². The van der Waals surface area contributed by atoms with E-state index >= 15 is 0 Å². The van der Waals surface area contributed by atoms with E-state index in [-0.39, 0.29) is 6.10 Å². The van der Waals surface area contributed by atoms with E-state index in [1.165, 1.54) is 25.7 Å². The summed E-state index contributed by atoms with van der Waals surface area (Å²) < 4.78 is 0. The zero-order chi connectivity index (χ0) is 13.7. The average Bonchev–Trinajstić information content (AvgIpc) is 2.83. The molecule has 110 valence electrons. The molecule has 0 aromatic rings. The van der Waals surface area contributed by atoms with E-state index in [1.807, 2.05) is 0 Å². The van der Waals surface area contributed by atoms with Crippen molar-refractivity contribution >= 4 is 5.97 Å². The smallest absolute Gasteiger partial charge is 0.303 e. The Morgan fingerprint density at radius 1 is 1.11 bits per heavy atom. The number of carbonyl (C=O) groups is 1. The van der Waals surface area contributed by atoms with Crippen LogP contribution in [0.25, 0.3) is 0 Å². The minimum atomic E-state index is -0.681. The highest BCUT2D eigenvalue weighted by Gasteiger charge is 2.24. The van der Waals surface area contributed by atoms with E-state index in [9.17, 15) is 9.90 Å². The number of carboxylic acids is 1. The second-order valence-electron chi connectivity index (χ2n) is 6.38. The Morgan fingerprint density at radius 2 is 1.74 bits per heavy atom. The molecular weight excluding hydrogens is 242 g/mol. The molecule has 0 aromatic heterocycles. The van der Waals surface area contributed by atoms with Gasteiger partial charge in [-0.1, -0.05) is 25.7 Å². The quantitative estimate of drug-likeness (QED) is 0.775. The number of piperidine rings is 1. The van der Waals surface area contributed by atoms with Crippen molar-refractivity contribution in [2.75, 3.05) is 19.6 Å². The van der Waals surface area contributed by atoms with Gasteiger partial charge < -0.3 is 15.1 Å². The Hall–Kier alpha value is -0.610. The van der Waals surface area contributed by atoms with E-state index in [1.54, 1.807) is 0 Å². The van der Waals surface area contributed by atoms with Gasteiger partial charge in [-0.05, 0) is 44.2 Å². The first kappa shape index (κ1) is 14.8. The van der Waals surface area contributed by atoms with Crippen LogP contribution in [0, 0.1) is 11.8 Å². The highest BCUT2D eigenvalue weighted by Crippen LogP contribution is 2.29. The summed E-state index contributed by atoms with van der Waals surface area (Å²) in [5.74, 6) is 0.389. The topological polar surface area (TPSA) is 60.8 Å². The third-order valence-electron chi connectivity index (χ3n) is 4.72. The molecule has 19 heavy (non-hydrogen) atoms. The van der Waals surface area contributed by atoms with Crippen molar-refractivity contribution in [1.29, 1.82) is 0 Å². The molecule has 4 heteroatoms. The molecule has 2 fully saturated rings. The number of aliphatic carboxylic acids is 1. The predicted molar refractivity (Wildman–Crippen MR) is 74.0 cm³/mol. The van der Waals surface area contributed by atoms with Crippen molar-refractivity contribution in [3.05, 3.63) is 0 Å². The summed E-state index contributed by atoms with van der Waals surface area (Å²) in [4.78, 5) is 13.0. The average molecular weight is 269 g/mol. The maximum Gasteiger partial charge on any atom is 0.303 e. The molecule has 0 radical (unpaired) electrons. The van der Waals surface area contributed by atoms with Crippen LogP contribution in [0.1, 0.15) is 51.4 Å². The third kappa shape index (κ3) is 5.11. The van der Waals surface area contributed by atoms with E-state index in [4.69, 9.17) is 5.11 Å². The highest BCUT2D eigenvalue weighted by atomic mass is 16.4. The van der Waals surface area contributed by atoms with E-state index < -0.39 is 5.97 Å². The van der Waals surface area contributed by atoms with Crippen LogP contribution in [-0.2, 0) is 4.79 Å². The minimum Gasteiger partial charge on any atom is -0.481 e. The Morgan fingerprint density at radius 3 is 2.32 bits per heavy atom. The van der Waals surface area contributed by atoms with Gasteiger partial charge >= 0.3 is 5.97 Å². The number of likely N-dealkylation sites (tertiary alicyclic amines) is 1. The number of rotatable bonds is 6. The molecule has 1 atom stereocenters. The van der Waals surface area contributed by atoms with Crippen molar-refractivity contribution < 1.29 is 15.0 Å². The fourth-order valence-corrected chi connectivity index (χ4v) is 3.62. The molecule has 1 aliphatic carbocycles. The van der Waals surface area contributed by atoms with Crippen molar-refractivity contribution in [1.82, 2.24) is 4.90 Å². The van der Waals surface area contributed by atoms with Gasteiger partial charge in [0.05, 0.1) is 6.10 Å². The van der Waals surface area contributed by atoms with Gasteiger partial charge in [-0.25, -0.2) is 0 Å². The third-order valence-corrected chi connectivity index (χ3v) is 4.72. The van der Waals surface area contributed by atoms with Crippen LogP contribution in [0.2, 0.25) is 0 Å². The first-order valence-electron chi connectivity index (χ1n) is 7.75. The Kier molecular flexibility index (Phi) is 5.64. The van der Waals surface area contributed by atoms with Crippen LogP contribution >= 0.6 is 0 Å². The number of β-amino-alcohol motifs (C(OH)–C–C–N with tert-alkyl or cyclic N) is 1. The summed E-state index contributed by atoms with van der Waals surface area (Å²) >= 11 is 0. The van der Waals surface area contributed by atoms with Gasteiger partial charge in [0.15, 0.2) is 0 Å². The Balaban J connectivity index is 1.62. The molecule has 0 spiro atoms. The molecule has 1 saturated carbocycles. The molecule has 2 rings (SSSR count). The van der Waals surface area contributed by atoms with Crippen molar-refractivity contribution in [2.45, 2.75) is 57.5 Å². The lowest BCUT2D eigenvalue weighted by Crippen LogP contribution is -2.39. The predicted octanol–water partition coefficient (Wildman–Crippen LogP) is 2.11. The second-order valence-corrected chi connectivity index (χ2v) is 6.38. The highest BCUT2D eigenvalue weighted by molar-refractivity contribution is 5.67. The second kappa shape index (κ2) is 7.25. The molecular formula is C15H27NO3. The molecule has 2 N–H and O–H groups in total. The van der Waals surface area contributed by atoms with Gasteiger partial charge in [0, 0.05) is 13.0 Å². The zero-order valence-corrected chi connectivity index (χ0v) is 11.8. The first-order chi connectivity index (χ1) is 9.13. The van der Waals surface area contributed by atoms with Crippen LogP contribution in [0.15, 0.2) is 0 Å². The van der Waals surface area contributed by atoms with Crippen molar-refractivity contribution in [3.63, 3.8) is 0 Å². The van der Waals surface area contributed by atoms with Crippen LogP contribution in [-0.4, -0.2) is 46.8 Å². The van der Waals surface area contributed by atoms with Gasteiger partial charge in [-0.2, -0.15) is 0 Å². The number of aliphatic hydroxyl groups excluding tert-OH is 1. The van der Waals surface area contributed by atoms with Gasteiger partial charge in [0.25, 0.3) is 0 Å². The summed E-state index contributed by atoms with van der Waals surface area (Å²) in [5.41, 5.74) is 0. The molecule has 1 heterocycles. The van der Waals surface area contributed by atoms with Crippen LogP contribution in [0.4, 0.5) is 0 Å². The van der Waals surface area contributed by atoms with Crippen LogP contribution < -0.4 is 0 Å². The lowest BCUT2D eigenvalue weighted by atomic mass is 9.93. The Labute approximate surface area is 115 Å². The van der Waals surface area contributed by atoms with E-state index in [2.05, 4.69) is 4.90 Å². The molecule has 1 unspecified atom stereocenters. The summed E-state index contributed by atoms with van der Waals surface area (Å²) in [6, 6.07) is 0. The van der Waals surface area contributed by atoms with Crippen molar-refractivity contribution in [2.24, 2.45) is 11.8 Å². The molecule has 0 amide bonds. The van der Waals surface area contributed by atoms with E-state index in [0.717, 1.165) is 44.8 Å². The summed E-state index contributed by atoms with van der Waals surface area (Å²) in [7, 11) is 0. The van der Waals surface area contributed by atoms with Gasteiger partial charge in [0.1, 0.15) is 0 Å². The number of aliphatic hydroxyl groups is 1. The SMILES string of the molecule is O=C(O)CC1CCN(CC(O)CC2CCCC2)CC1. The summed E-state index contributed by atoms with van der Waals surface area (Å²) in [5, 5.41) is 18.9. The summed E-state index contributed by atoms with van der Waals surface area (Å²) in [6.07, 6.45) is 8.23.